The van der Waals surface area contributed by atoms with Crippen molar-refractivity contribution in [2.24, 2.45) is 0 Å². The van der Waals surface area contributed by atoms with Gasteiger partial charge >= 0.3 is 5.95 Å². The van der Waals surface area contributed by atoms with Crippen LogP contribution in [0, 0.1) is 10.1 Å². The first kappa shape index (κ1) is 19.3. The monoisotopic (exact) mass is 425 g/mol. The molecule has 2 aromatic heterocycles. The molecule has 7 nitrogen and oxygen atoms in total. The van der Waals surface area contributed by atoms with Crippen LogP contribution in [-0.4, -0.2) is 26.0 Å². The fraction of sp³-hybridized carbons (Fsp3) is 0.250. The number of rotatable bonds is 7. The van der Waals surface area contributed by atoms with Crippen molar-refractivity contribution in [1.82, 2.24) is 19.9 Å². The second-order valence-electron chi connectivity index (χ2n) is 5.35. The van der Waals surface area contributed by atoms with Crippen LogP contribution in [0.5, 0.6) is 0 Å². The third-order valence-corrected chi connectivity index (χ3v) is 4.12. The Bertz CT molecular complexity index is 871. The summed E-state index contributed by atoms with van der Waals surface area (Å²) in [6, 6.07) is 10.1. The van der Waals surface area contributed by atoms with E-state index in [9.17, 15) is 10.1 Å². The maximum Gasteiger partial charge on any atom is 0.434 e. The van der Waals surface area contributed by atoms with Gasteiger partial charge in [-0.15, -0.1) is 12.4 Å². The molecule has 9 heteroatoms. The molecular weight excluding hydrogens is 410 g/mol. The van der Waals surface area contributed by atoms with E-state index in [0.717, 1.165) is 34.0 Å². The average molecular weight is 427 g/mol. The Balaban J connectivity index is 0.00000225. The van der Waals surface area contributed by atoms with E-state index in [2.05, 4.69) is 37.3 Å². The van der Waals surface area contributed by atoms with Crippen molar-refractivity contribution in [3.8, 4) is 0 Å². The van der Waals surface area contributed by atoms with Crippen molar-refractivity contribution in [2.45, 2.75) is 19.5 Å². The van der Waals surface area contributed by atoms with Gasteiger partial charge in [-0.05, 0) is 42.2 Å². The van der Waals surface area contributed by atoms with Crippen LogP contribution in [-0.2, 0) is 13.1 Å². The topological polar surface area (TPSA) is 85.9 Å². The summed E-state index contributed by atoms with van der Waals surface area (Å²) in [6.45, 7) is 1.97. The van der Waals surface area contributed by atoms with Gasteiger partial charge in [-0.25, -0.2) is 4.57 Å². The minimum Gasteiger partial charge on any atom is -0.390 e. The highest BCUT2D eigenvalue weighted by Gasteiger charge is 2.12. The number of nitrogens with one attached hydrogen (secondary N) is 1. The molecule has 1 aromatic carbocycles. The lowest BCUT2D eigenvalue weighted by Crippen LogP contribution is -2.17. The zero-order chi connectivity index (χ0) is 16.9. The van der Waals surface area contributed by atoms with Gasteiger partial charge in [-0.3, -0.25) is 4.98 Å². The molecule has 2 heterocycles. The molecule has 0 amide bonds. The number of aryl methyl sites for hydroxylation is 1. The molecule has 0 fully saturated rings. The first-order valence-electron chi connectivity index (χ1n) is 7.55. The number of nitrogens with zero attached hydrogens (tertiary/aromatic N) is 4. The lowest BCUT2D eigenvalue weighted by atomic mass is 10.2. The third-order valence-electron chi connectivity index (χ3n) is 3.62. The number of aromatic nitrogens is 3. The van der Waals surface area contributed by atoms with Gasteiger partial charge in [-0.1, -0.05) is 27.0 Å². The molecule has 0 saturated carbocycles. The summed E-state index contributed by atoms with van der Waals surface area (Å²) < 4.78 is 2.59. The molecule has 0 atom stereocenters. The Kier molecular flexibility index (Phi) is 6.86. The van der Waals surface area contributed by atoms with Crippen LogP contribution in [0.3, 0.4) is 0 Å². The number of fused-ring (bicyclic) bond motifs is 1. The van der Waals surface area contributed by atoms with Crippen molar-refractivity contribution in [1.29, 1.82) is 0 Å². The van der Waals surface area contributed by atoms with Gasteiger partial charge in [0.2, 0.25) is 0 Å². The molecular formula is C16H17BrClN5O2. The molecule has 0 radical (unpaired) electrons. The van der Waals surface area contributed by atoms with Crippen molar-refractivity contribution >= 4 is 45.2 Å². The maximum absolute atomic E-state index is 10.8. The molecule has 132 valence electrons. The maximum atomic E-state index is 10.8. The second-order valence-corrected chi connectivity index (χ2v) is 6.26. The van der Waals surface area contributed by atoms with Gasteiger partial charge in [0.25, 0.3) is 0 Å². The Labute approximate surface area is 159 Å². The van der Waals surface area contributed by atoms with Gasteiger partial charge in [-0.2, -0.15) is 0 Å². The van der Waals surface area contributed by atoms with E-state index in [0.29, 0.717) is 13.1 Å². The molecule has 0 aliphatic rings. The second kappa shape index (κ2) is 8.89. The normalized spacial score (nSPS) is 10.6. The molecule has 0 aliphatic heterocycles. The summed E-state index contributed by atoms with van der Waals surface area (Å²) in [5.74, 6) is -0.114. The van der Waals surface area contributed by atoms with Gasteiger partial charge in [0.05, 0.1) is 17.8 Å². The quantitative estimate of drug-likeness (QED) is 0.354. The summed E-state index contributed by atoms with van der Waals surface area (Å²) in [7, 11) is 0. The van der Waals surface area contributed by atoms with Crippen molar-refractivity contribution in [2.75, 3.05) is 6.54 Å². The Hall–Kier alpha value is -2.03. The summed E-state index contributed by atoms with van der Waals surface area (Å²) in [5, 5.41) is 15.2. The van der Waals surface area contributed by atoms with E-state index in [4.69, 9.17) is 0 Å². The predicted octanol–water partition coefficient (Wildman–Crippen LogP) is 3.70. The first-order chi connectivity index (χ1) is 11.6. The van der Waals surface area contributed by atoms with Crippen LogP contribution in [0.25, 0.3) is 10.9 Å². The number of hydrogen-bond donors (Lipinski definition) is 1. The molecule has 25 heavy (non-hydrogen) atoms. The van der Waals surface area contributed by atoms with Crippen molar-refractivity contribution < 1.29 is 4.92 Å². The minimum absolute atomic E-state index is 0. The highest BCUT2D eigenvalue weighted by Crippen LogP contribution is 2.18. The number of halogens is 2. The van der Waals surface area contributed by atoms with Crippen LogP contribution in [0.4, 0.5) is 5.95 Å². The molecule has 1 N–H and O–H groups in total. The van der Waals surface area contributed by atoms with E-state index >= 15 is 0 Å². The number of benzene rings is 1. The van der Waals surface area contributed by atoms with E-state index < -0.39 is 4.92 Å². The zero-order valence-corrected chi connectivity index (χ0v) is 15.7. The summed E-state index contributed by atoms with van der Waals surface area (Å²) in [5.41, 5.74) is 1.94. The number of imidazole rings is 1. The first-order valence-corrected chi connectivity index (χ1v) is 8.34. The molecule has 0 saturated heterocycles. The fourth-order valence-electron chi connectivity index (χ4n) is 2.48. The van der Waals surface area contributed by atoms with Gasteiger partial charge in [0.1, 0.15) is 12.4 Å². The number of hydrogen-bond acceptors (Lipinski definition) is 5. The van der Waals surface area contributed by atoms with Crippen LogP contribution in [0.2, 0.25) is 0 Å². The molecule has 3 rings (SSSR count). The molecule has 0 aliphatic carbocycles. The highest BCUT2D eigenvalue weighted by atomic mass is 79.9. The fourth-order valence-corrected chi connectivity index (χ4v) is 2.85. The largest absolute Gasteiger partial charge is 0.434 e. The number of nitro groups is 1. The summed E-state index contributed by atoms with van der Waals surface area (Å²) >= 11 is 3.45. The molecule has 0 unspecified atom stereocenters. The average Bonchev–Trinajstić information content (AvgIpc) is 3.03. The van der Waals surface area contributed by atoms with E-state index in [1.165, 1.54) is 6.20 Å². The highest BCUT2D eigenvalue weighted by molar-refractivity contribution is 9.10. The lowest BCUT2D eigenvalue weighted by Gasteiger charge is -2.06. The van der Waals surface area contributed by atoms with E-state index in [1.54, 1.807) is 10.8 Å². The van der Waals surface area contributed by atoms with Crippen molar-refractivity contribution in [3.05, 3.63) is 63.0 Å². The molecule has 0 bridgehead atoms. The van der Waals surface area contributed by atoms with E-state index in [-0.39, 0.29) is 18.4 Å². The number of pyridine rings is 1. The van der Waals surface area contributed by atoms with Gasteiger partial charge in [0.15, 0.2) is 0 Å². The Morgan fingerprint density at radius 2 is 2.12 bits per heavy atom. The van der Waals surface area contributed by atoms with Crippen LogP contribution in [0.1, 0.15) is 12.1 Å². The smallest absolute Gasteiger partial charge is 0.390 e. The predicted molar refractivity (Wildman–Crippen MR) is 102 cm³/mol. The molecule has 3 aromatic rings. The van der Waals surface area contributed by atoms with E-state index in [1.807, 2.05) is 24.3 Å². The summed E-state index contributed by atoms with van der Waals surface area (Å²) in [4.78, 5) is 18.7. The van der Waals surface area contributed by atoms with Crippen LogP contribution in [0.15, 0.2) is 47.2 Å². The third kappa shape index (κ3) is 4.97. The standard InChI is InChI=1S/C16H16BrN5O2.ClH/c17-13-3-5-15-12(10-13)2-4-14(20-15)11-18-6-1-8-21-9-7-19-16(21)22(23)24;/h2-5,7,9-10,18H,1,6,8,11H2;1H. The molecule has 0 spiro atoms. The van der Waals surface area contributed by atoms with Crippen LogP contribution < -0.4 is 5.32 Å². The summed E-state index contributed by atoms with van der Waals surface area (Å²) in [6.07, 6.45) is 3.85. The Morgan fingerprint density at radius 1 is 1.28 bits per heavy atom. The zero-order valence-electron chi connectivity index (χ0n) is 13.3. The van der Waals surface area contributed by atoms with Gasteiger partial charge in [0, 0.05) is 16.4 Å². The SMILES string of the molecule is Cl.O=[N+]([O-])c1nccn1CCCNCc1ccc2cc(Br)ccc2n1. The van der Waals surface area contributed by atoms with Gasteiger partial charge < -0.3 is 15.4 Å². The minimum atomic E-state index is -0.467. The Morgan fingerprint density at radius 3 is 2.92 bits per heavy atom. The van der Waals surface area contributed by atoms with Crippen molar-refractivity contribution in [3.63, 3.8) is 0 Å². The van der Waals surface area contributed by atoms with Crippen LogP contribution >= 0.6 is 28.3 Å². The lowest BCUT2D eigenvalue weighted by molar-refractivity contribution is -0.396.